The van der Waals surface area contributed by atoms with Crippen LogP contribution in [0.25, 0.3) is 0 Å². The fourth-order valence-corrected chi connectivity index (χ4v) is 2.97. The minimum Gasteiger partial charge on any atom is -0.309 e. The van der Waals surface area contributed by atoms with E-state index in [2.05, 4.69) is 67.5 Å². The molecule has 21 heavy (non-hydrogen) atoms. The summed E-state index contributed by atoms with van der Waals surface area (Å²) in [6.07, 6.45) is 3.13. The van der Waals surface area contributed by atoms with Crippen molar-refractivity contribution < 1.29 is 0 Å². The second kappa shape index (κ2) is 8.20. The molecular formula is C18H24N2S. The Hall–Kier alpha value is -1.32. The number of benzene rings is 1. The third kappa shape index (κ3) is 5.18. The van der Waals surface area contributed by atoms with Crippen molar-refractivity contribution in [2.75, 3.05) is 6.54 Å². The van der Waals surface area contributed by atoms with Gasteiger partial charge in [-0.05, 0) is 44.5 Å². The average molecular weight is 300 g/mol. The van der Waals surface area contributed by atoms with Gasteiger partial charge in [0.1, 0.15) is 0 Å². The van der Waals surface area contributed by atoms with Gasteiger partial charge in [0.05, 0.1) is 5.69 Å². The Morgan fingerprint density at radius 2 is 2.10 bits per heavy atom. The van der Waals surface area contributed by atoms with E-state index in [-0.39, 0.29) is 0 Å². The molecule has 1 unspecified atom stereocenters. The van der Waals surface area contributed by atoms with Crippen molar-refractivity contribution in [2.24, 2.45) is 0 Å². The molecule has 2 rings (SSSR count). The van der Waals surface area contributed by atoms with Gasteiger partial charge in [-0.1, -0.05) is 36.8 Å². The van der Waals surface area contributed by atoms with Crippen molar-refractivity contribution in [3.8, 4) is 0 Å². The Kier molecular flexibility index (Phi) is 6.27. The second-order valence-corrected chi connectivity index (χ2v) is 6.42. The largest absolute Gasteiger partial charge is 0.309 e. The summed E-state index contributed by atoms with van der Waals surface area (Å²) in [5.41, 5.74) is 3.79. The second-order valence-electron chi connectivity index (χ2n) is 5.37. The van der Waals surface area contributed by atoms with E-state index in [0.29, 0.717) is 6.04 Å². The number of aromatic nitrogens is 1. The number of pyridine rings is 1. The van der Waals surface area contributed by atoms with Crippen LogP contribution in [-0.4, -0.2) is 11.5 Å². The summed E-state index contributed by atoms with van der Waals surface area (Å²) in [6, 6.07) is 13.3. The van der Waals surface area contributed by atoms with Crippen LogP contribution in [0.15, 0.2) is 47.5 Å². The summed E-state index contributed by atoms with van der Waals surface area (Å²) in [4.78, 5) is 5.80. The SMILES string of the molecule is CCCNC(C)c1ccc(SCc2cccc(C)c2)cn1. The first kappa shape index (κ1) is 16.1. The van der Waals surface area contributed by atoms with E-state index in [1.165, 1.54) is 16.0 Å². The average Bonchev–Trinajstić information content (AvgIpc) is 2.51. The number of hydrogen-bond acceptors (Lipinski definition) is 3. The fraction of sp³-hybridized carbons (Fsp3) is 0.389. The van der Waals surface area contributed by atoms with Gasteiger partial charge in [0.15, 0.2) is 0 Å². The summed E-state index contributed by atoms with van der Waals surface area (Å²) in [6.45, 7) is 7.51. The smallest absolute Gasteiger partial charge is 0.0571 e. The van der Waals surface area contributed by atoms with Gasteiger partial charge in [0, 0.05) is 22.9 Å². The van der Waals surface area contributed by atoms with E-state index in [4.69, 9.17) is 0 Å². The number of nitrogens with zero attached hydrogens (tertiary/aromatic N) is 1. The first-order chi connectivity index (χ1) is 10.2. The molecule has 1 aromatic carbocycles. The first-order valence-corrected chi connectivity index (χ1v) is 8.55. The lowest BCUT2D eigenvalue weighted by atomic mass is 10.2. The van der Waals surface area contributed by atoms with E-state index in [1.54, 1.807) is 0 Å². The molecule has 0 aliphatic heterocycles. The van der Waals surface area contributed by atoms with Crippen LogP contribution in [0.3, 0.4) is 0 Å². The molecule has 1 N–H and O–H groups in total. The highest BCUT2D eigenvalue weighted by molar-refractivity contribution is 7.98. The third-order valence-electron chi connectivity index (χ3n) is 3.39. The molecule has 0 fully saturated rings. The predicted octanol–water partition coefficient (Wildman–Crippen LogP) is 4.74. The number of thioether (sulfide) groups is 1. The number of nitrogens with one attached hydrogen (secondary N) is 1. The molecule has 0 aliphatic rings. The molecule has 1 atom stereocenters. The lowest BCUT2D eigenvalue weighted by molar-refractivity contribution is 0.558. The van der Waals surface area contributed by atoms with E-state index >= 15 is 0 Å². The first-order valence-electron chi connectivity index (χ1n) is 7.56. The Morgan fingerprint density at radius 3 is 2.76 bits per heavy atom. The predicted molar refractivity (Wildman–Crippen MR) is 91.7 cm³/mol. The minimum atomic E-state index is 0.320. The molecule has 0 aliphatic carbocycles. The van der Waals surface area contributed by atoms with Crippen LogP contribution >= 0.6 is 11.8 Å². The van der Waals surface area contributed by atoms with Gasteiger partial charge in [0.2, 0.25) is 0 Å². The highest BCUT2D eigenvalue weighted by atomic mass is 32.2. The molecule has 2 aromatic rings. The molecule has 0 saturated carbocycles. The summed E-state index contributed by atoms with van der Waals surface area (Å²) >= 11 is 1.84. The Balaban J connectivity index is 1.90. The quantitative estimate of drug-likeness (QED) is 0.747. The van der Waals surface area contributed by atoms with Gasteiger partial charge in [-0.3, -0.25) is 4.98 Å². The van der Waals surface area contributed by atoms with Gasteiger partial charge in [-0.25, -0.2) is 0 Å². The highest BCUT2D eigenvalue weighted by Gasteiger charge is 2.05. The maximum Gasteiger partial charge on any atom is 0.0571 e. The maximum atomic E-state index is 4.58. The van der Waals surface area contributed by atoms with Gasteiger partial charge >= 0.3 is 0 Å². The zero-order valence-electron chi connectivity index (χ0n) is 13.1. The molecule has 1 aromatic heterocycles. The molecule has 2 nitrogen and oxygen atoms in total. The highest BCUT2D eigenvalue weighted by Crippen LogP contribution is 2.23. The Bertz CT molecular complexity index is 551. The summed E-state index contributed by atoms with van der Waals surface area (Å²) in [5.74, 6) is 0.992. The van der Waals surface area contributed by atoms with Crippen molar-refractivity contribution >= 4 is 11.8 Å². The monoisotopic (exact) mass is 300 g/mol. The molecule has 0 saturated heterocycles. The Labute approximate surface area is 132 Å². The number of hydrogen-bond donors (Lipinski definition) is 1. The van der Waals surface area contributed by atoms with Crippen molar-refractivity contribution in [3.63, 3.8) is 0 Å². The summed E-state index contributed by atoms with van der Waals surface area (Å²) in [5, 5.41) is 3.46. The van der Waals surface area contributed by atoms with Crippen LogP contribution in [-0.2, 0) is 5.75 Å². The van der Waals surface area contributed by atoms with Crippen LogP contribution in [0.4, 0.5) is 0 Å². The van der Waals surface area contributed by atoms with Crippen molar-refractivity contribution in [3.05, 3.63) is 59.4 Å². The summed E-state index contributed by atoms with van der Waals surface area (Å²) in [7, 11) is 0. The molecule has 1 heterocycles. The molecule has 112 valence electrons. The lowest BCUT2D eigenvalue weighted by Gasteiger charge is -2.12. The molecule has 0 spiro atoms. The van der Waals surface area contributed by atoms with Crippen LogP contribution in [0.5, 0.6) is 0 Å². The molecule has 3 heteroatoms. The van der Waals surface area contributed by atoms with Crippen LogP contribution < -0.4 is 5.32 Å². The van der Waals surface area contributed by atoms with Crippen molar-refractivity contribution in [2.45, 2.75) is 43.9 Å². The van der Waals surface area contributed by atoms with Crippen molar-refractivity contribution in [1.29, 1.82) is 0 Å². The van der Waals surface area contributed by atoms with Gasteiger partial charge in [-0.2, -0.15) is 0 Å². The third-order valence-corrected chi connectivity index (χ3v) is 4.44. The molecular weight excluding hydrogens is 276 g/mol. The summed E-state index contributed by atoms with van der Waals surface area (Å²) < 4.78 is 0. The zero-order chi connectivity index (χ0) is 15.1. The van der Waals surface area contributed by atoms with Gasteiger partial charge in [0.25, 0.3) is 0 Å². The molecule has 0 amide bonds. The van der Waals surface area contributed by atoms with Crippen LogP contribution in [0.2, 0.25) is 0 Å². The maximum absolute atomic E-state index is 4.58. The van der Waals surface area contributed by atoms with E-state index in [1.807, 2.05) is 18.0 Å². The minimum absolute atomic E-state index is 0.320. The zero-order valence-corrected chi connectivity index (χ0v) is 13.9. The number of aryl methyl sites for hydroxylation is 1. The molecule has 0 bridgehead atoms. The van der Waals surface area contributed by atoms with E-state index in [0.717, 1.165) is 24.4 Å². The van der Waals surface area contributed by atoms with Gasteiger partial charge < -0.3 is 5.32 Å². The topological polar surface area (TPSA) is 24.9 Å². The standard InChI is InChI=1S/C18H24N2S/c1-4-10-19-15(3)18-9-8-17(12-20-18)21-13-16-7-5-6-14(2)11-16/h5-9,11-12,15,19H,4,10,13H2,1-3H3. The normalized spacial score (nSPS) is 12.3. The Morgan fingerprint density at radius 1 is 1.24 bits per heavy atom. The molecule has 0 radical (unpaired) electrons. The van der Waals surface area contributed by atoms with Gasteiger partial charge in [-0.15, -0.1) is 11.8 Å². The van der Waals surface area contributed by atoms with E-state index in [9.17, 15) is 0 Å². The lowest BCUT2D eigenvalue weighted by Crippen LogP contribution is -2.20. The van der Waals surface area contributed by atoms with Crippen LogP contribution in [0, 0.1) is 6.92 Å². The number of rotatable bonds is 7. The van der Waals surface area contributed by atoms with Crippen molar-refractivity contribution in [1.82, 2.24) is 10.3 Å². The van der Waals surface area contributed by atoms with E-state index < -0.39 is 0 Å². The fourth-order valence-electron chi connectivity index (χ4n) is 2.17. The van der Waals surface area contributed by atoms with Crippen LogP contribution in [0.1, 0.15) is 43.1 Å².